The second kappa shape index (κ2) is 9.53. The number of methoxy groups -OCH3 is 1. The van der Waals surface area contributed by atoms with E-state index in [0.717, 1.165) is 29.5 Å². The molecule has 29 heavy (non-hydrogen) atoms. The van der Waals surface area contributed by atoms with Gasteiger partial charge in [0, 0.05) is 30.1 Å². The van der Waals surface area contributed by atoms with Gasteiger partial charge in [-0.15, -0.1) is 11.3 Å². The second-order valence-electron chi connectivity index (χ2n) is 7.67. The number of nitrogens with one attached hydrogen (secondary N) is 1. The lowest BCUT2D eigenvalue weighted by atomic mass is 10.1. The van der Waals surface area contributed by atoms with E-state index in [9.17, 15) is 0 Å². The Labute approximate surface area is 177 Å². The third-order valence-corrected chi connectivity index (χ3v) is 6.52. The molecule has 2 heterocycles. The summed E-state index contributed by atoms with van der Waals surface area (Å²) < 4.78 is 5.32. The highest BCUT2D eigenvalue weighted by Crippen LogP contribution is 2.27. The van der Waals surface area contributed by atoms with E-state index in [1.54, 1.807) is 18.4 Å². The van der Waals surface area contributed by atoms with E-state index in [-0.39, 0.29) is 0 Å². The number of thiazole rings is 1. The topological polar surface area (TPSA) is 37.4 Å². The predicted molar refractivity (Wildman–Crippen MR) is 121 cm³/mol. The minimum absolute atomic E-state index is 0.388. The molecule has 3 aromatic rings. The van der Waals surface area contributed by atoms with Gasteiger partial charge in [-0.1, -0.05) is 42.0 Å². The van der Waals surface area contributed by atoms with Crippen molar-refractivity contribution in [3.05, 3.63) is 70.7 Å². The largest absolute Gasteiger partial charge is 0.497 e. The average Bonchev–Trinajstić information content (AvgIpc) is 3.44. The first-order valence-corrected chi connectivity index (χ1v) is 11.2. The van der Waals surface area contributed by atoms with Crippen LogP contribution in [0, 0.1) is 6.92 Å². The fraction of sp³-hybridized carbons (Fsp3) is 0.375. The highest BCUT2D eigenvalue weighted by atomic mass is 32.1. The van der Waals surface area contributed by atoms with Crippen LogP contribution < -0.4 is 10.1 Å². The van der Waals surface area contributed by atoms with Crippen molar-refractivity contribution >= 4 is 11.3 Å². The van der Waals surface area contributed by atoms with Gasteiger partial charge < -0.3 is 10.1 Å². The molecule has 1 unspecified atom stereocenters. The fourth-order valence-electron chi connectivity index (χ4n) is 3.89. The highest BCUT2D eigenvalue weighted by molar-refractivity contribution is 7.13. The number of hydrogen-bond acceptors (Lipinski definition) is 5. The number of rotatable bonds is 8. The summed E-state index contributed by atoms with van der Waals surface area (Å²) >= 11 is 1.72. The molecule has 0 amide bonds. The molecule has 5 heteroatoms. The first-order chi connectivity index (χ1) is 14.2. The van der Waals surface area contributed by atoms with Crippen molar-refractivity contribution in [1.29, 1.82) is 0 Å². The number of benzene rings is 2. The third kappa shape index (κ3) is 5.04. The standard InChI is InChI=1S/C24H29N3OS/c1-18-5-7-20(8-6-18)24-26-21(17-29-24)15-25-16-23(27-13-3-4-14-27)19-9-11-22(28-2)12-10-19/h5-12,17,23,25H,3-4,13-16H2,1-2H3. The lowest BCUT2D eigenvalue weighted by molar-refractivity contribution is 0.238. The maximum atomic E-state index is 5.32. The van der Waals surface area contributed by atoms with E-state index >= 15 is 0 Å². The highest BCUT2D eigenvalue weighted by Gasteiger charge is 2.23. The zero-order chi connectivity index (χ0) is 20.1. The molecule has 4 nitrogen and oxygen atoms in total. The van der Waals surface area contributed by atoms with Crippen molar-refractivity contribution in [1.82, 2.24) is 15.2 Å². The Hall–Kier alpha value is -2.21. The van der Waals surface area contributed by atoms with Crippen LogP contribution in [0.25, 0.3) is 10.6 Å². The summed E-state index contributed by atoms with van der Waals surface area (Å²) in [4.78, 5) is 7.42. The molecule has 1 fully saturated rings. The maximum Gasteiger partial charge on any atom is 0.123 e. The van der Waals surface area contributed by atoms with E-state index in [4.69, 9.17) is 9.72 Å². The second-order valence-corrected chi connectivity index (χ2v) is 8.53. The van der Waals surface area contributed by atoms with Gasteiger partial charge in [0.15, 0.2) is 0 Å². The molecule has 0 radical (unpaired) electrons. The van der Waals surface area contributed by atoms with Crippen molar-refractivity contribution < 1.29 is 4.74 Å². The van der Waals surface area contributed by atoms with Gasteiger partial charge in [-0.25, -0.2) is 4.98 Å². The van der Waals surface area contributed by atoms with Crippen molar-refractivity contribution in [2.45, 2.75) is 32.4 Å². The zero-order valence-corrected chi connectivity index (χ0v) is 18.0. The van der Waals surface area contributed by atoms with Crippen LogP contribution in [0.15, 0.2) is 53.9 Å². The molecule has 152 valence electrons. The summed E-state index contributed by atoms with van der Waals surface area (Å²) in [7, 11) is 1.72. The number of nitrogens with zero attached hydrogens (tertiary/aromatic N) is 2. The number of hydrogen-bond donors (Lipinski definition) is 1. The summed E-state index contributed by atoms with van der Waals surface area (Å²) in [6.07, 6.45) is 2.58. The fourth-order valence-corrected chi connectivity index (χ4v) is 4.72. The van der Waals surface area contributed by atoms with Crippen LogP contribution in [-0.2, 0) is 6.54 Å². The summed E-state index contributed by atoms with van der Waals surface area (Å²) in [5.41, 5.74) is 4.93. The molecule has 0 bridgehead atoms. The Bertz CT molecular complexity index is 899. The van der Waals surface area contributed by atoms with Gasteiger partial charge in [0.25, 0.3) is 0 Å². The van der Waals surface area contributed by atoms with Gasteiger partial charge >= 0.3 is 0 Å². The molecule has 1 atom stereocenters. The molecule has 1 N–H and O–H groups in total. The Morgan fingerprint density at radius 3 is 2.48 bits per heavy atom. The molecular weight excluding hydrogens is 378 g/mol. The number of likely N-dealkylation sites (tertiary alicyclic amines) is 1. The van der Waals surface area contributed by atoms with Crippen LogP contribution in [0.4, 0.5) is 0 Å². The molecule has 1 aliphatic heterocycles. The van der Waals surface area contributed by atoms with Crippen molar-refractivity contribution in [3.63, 3.8) is 0 Å². The summed E-state index contributed by atoms with van der Waals surface area (Å²) in [6, 6.07) is 17.5. The molecular formula is C24H29N3OS. The number of ether oxygens (including phenoxy) is 1. The summed E-state index contributed by atoms with van der Waals surface area (Å²) in [6.45, 7) is 6.17. The van der Waals surface area contributed by atoms with Crippen molar-refractivity contribution in [2.75, 3.05) is 26.7 Å². The smallest absolute Gasteiger partial charge is 0.123 e. The van der Waals surface area contributed by atoms with Gasteiger partial charge in [0.2, 0.25) is 0 Å². The molecule has 1 saturated heterocycles. The van der Waals surface area contributed by atoms with E-state index in [1.165, 1.54) is 42.6 Å². The lowest BCUT2D eigenvalue weighted by Gasteiger charge is -2.28. The van der Waals surface area contributed by atoms with Gasteiger partial charge in [0.1, 0.15) is 10.8 Å². The van der Waals surface area contributed by atoms with Gasteiger partial charge in [-0.2, -0.15) is 0 Å². The van der Waals surface area contributed by atoms with Gasteiger partial charge in [-0.3, -0.25) is 4.90 Å². The maximum absolute atomic E-state index is 5.32. The van der Waals surface area contributed by atoms with Gasteiger partial charge in [-0.05, 0) is 50.6 Å². The Morgan fingerprint density at radius 1 is 1.07 bits per heavy atom. The first kappa shape index (κ1) is 20.1. The molecule has 1 aliphatic rings. The summed E-state index contributed by atoms with van der Waals surface area (Å²) in [5, 5.41) is 6.91. The molecule has 0 aliphatic carbocycles. The molecule has 2 aromatic carbocycles. The Kier molecular flexibility index (Phi) is 6.60. The monoisotopic (exact) mass is 407 g/mol. The van der Waals surface area contributed by atoms with Crippen molar-refractivity contribution in [3.8, 4) is 16.3 Å². The first-order valence-electron chi connectivity index (χ1n) is 10.3. The third-order valence-electron chi connectivity index (χ3n) is 5.58. The normalized spacial score (nSPS) is 15.5. The molecule has 4 rings (SSSR count). The Morgan fingerprint density at radius 2 is 1.79 bits per heavy atom. The molecule has 1 aromatic heterocycles. The quantitative estimate of drug-likeness (QED) is 0.567. The van der Waals surface area contributed by atoms with Crippen LogP contribution in [0.2, 0.25) is 0 Å². The van der Waals surface area contributed by atoms with E-state index in [1.807, 2.05) is 0 Å². The lowest BCUT2D eigenvalue weighted by Crippen LogP contribution is -2.34. The predicted octanol–water partition coefficient (Wildman–Crippen LogP) is 5.05. The Balaban J connectivity index is 1.39. The van der Waals surface area contributed by atoms with Crippen LogP contribution in [0.3, 0.4) is 0 Å². The molecule has 0 saturated carbocycles. The van der Waals surface area contributed by atoms with E-state index < -0.39 is 0 Å². The van der Waals surface area contributed by atoms with Crippen molar-refractivity contribution in [2.24, 2.45) is 0 Å². The zero-order valence-electron chi connectivity index (χ0n) is 17.2. The van der Waals surface area contributed by atoms with Crippen LogP contribution >= 0.6 is 11.3 Å². The SMILES string of the molecule is COc1ccc(C(CNCc2csc(-c3ccc(C)cc3)n2)N2CCCC2)cc1. The minimum atomic E-state index is 0.388. The average molecular weight is 408 g/mol. The molecule has 0 spiro atoms. The van der Waals surface area contributed by atoms with E-state index in [0.29, 0.717) is 6.04 Å². The van der Waals surface area contributed by atoms with Gasteiger partial charge in [0.05, 0.1) is 12.8 Å². The van der Waals surface area contributed by atoms with E-state index in [2.05, 4.69) is 71.1 Å². The summed E-state index contributed by atoms with van der Waals surface area (Å²) in [5.74, 6) is 0.910. The van der Waals surface area contributed by atoms with Crippen LogP contribution in [0.5, 0.6) is 5.75 Å². The number of aromatic nitrogens is 1. The minimum Gasteiger partial charge on any atom is -0.497 e. The van der Waals surface area contributed by atoms with Crippen LogP contribution in [0.1, 0.15) is 35.7 Å². The number of aryl methyl sites for hydroxylation is 1. The van der Waals surface area contributed by atoms with Crippen LogP contribution in [-0.4, -0.2) is 36.6 Å².